The first kappa shape index (κ1) is 18.7. The number of hydrogen-bond donors (Lipinski definition) is 0. The number of carbonyl (C=O) groups is 1. The van der Waals surface area contributed by atoms with Crippen LogP contribution in [0.4, 0.5) is 5.82 Å². The van der Waals surface area contributed by atoms with Gasteiger partial charge < -0.3 is 9.80 Å². The van der Waals surface area contributed by atoms with E-state index in [4.69, 9.17) is 0 Å². The number of pyridine rings is 1. The molecule has 1 saturated carbocycles. The Labute approximate surface area is 173 Å². The van der Waals surface area contributed by atoms with Crippen molar-refractivity contribution in [2.45, 2.75) is 45.1 Å². The summed E-state index contributed by atoms with van der Waals surface area (Å²) in [5.74, 6) is 3.04. The van der Waals surface area contributed by atoms with Gasteiger partial charge in [0.2, 0.25) is 5.91 Å². The number of likely N-dealkylation sites (tertiary alicyclic amines) is 1. The Kier molecular flexibility index (Phi) is 5.03. The molecule has 4 heteroatoms. The maximum Gasteiger partial charge on any atom is 0.223 e. The van der Waals surface area contributed by atoms with Gasteiger partial charge in [-0.3, -0.25) is 4.79 Å². The standard InChI is InChI=1S/C25H31N3O/c1-18-8-2-5-11-21(18)25-22-17-27(23-12-6-7-13-26-23)15-20(22)16-28(25)24(29)14-19-9-3-4-10-19/h2,5-8,11-13,19-20,22,25H,3-4,9-10,14-17H2,1H3/t20-,22-,25+/m0/s1. The Morgan fingerprint density at radius 3 is 2.59 bits per heavy atom. The predicted octanol–water partition coefficient (Wildman–Crippen LogP) is 4.61. The quantitative estimate of drug-likeness (QED) is 0.766. The summed E-state index contributed by atoms with van der Waals surface area (Å²) >= 11 is 0. The van der Waals surface area contributed by atoms with Crippen molar-refractivity contribution in [2.24, 2.45) is 17.8 Å². The number of carbonyl (C=O) groups excluding carboxylic acids is 1. The molecule has 0 N–H and O–H groups in total. The number of aromatic nitrogens is 1. The van der Waals surface area contributed by atoms with E-state index >= 15 is 0 Å². The molecule has 2 aromatic rings. The smallest absolute Gasteiger partial charge is 0.223 e. The molecule has 3 atom stereocenters. The van der Waals surface area contributed by atoms with Crippen molar-refractivity contribution in [3.63, 3.8) is 0 Å². The molecule has 1 amide bonds. The molecule has 4 nitrogen and oxygen atoms in total. The molecular formula is C25H31N3O. The van der Waals surface area contributed by atoms with E-state index in [1.54, 1.807) is 0 Å². The molecule has 2 saturated heterocycles. The minimum atomic E-state index is 0.198. The van der Waals surface area contributed by atoms with E-state index in [0.29, 0.717) is 23.7 Å². The lowest BCUT2D eigenvalue weighted by Gasteiger charge is -2.32. The highest BCUT2D eigenvalue weighted by Gasteiger charge is 2.49. The number of anilines is 1. The number of amides is 1. The number of hydrogen-bond acceptors (Lipinski definition) is 3. The van der Waals surface area contributed by atoms with Crippen molar-refractivity contribution in [3.05, 3.63) is 59.8 Å². The average molecular weight is 390 g/mol. The van der Waals surface area contributed by atoms with E-state index < -0.39 is 0 Å². The summed E-state index contributed by atoms with van der Waals surface area (Å²) in [6.07, 6.45) is 7.67. The lowest BCUT2D eigenvalue weighted by Crippen LogP contribution is -2.36. The van der Waals surface area contributed by atoms with Crippen molar-refractivity contribution >= 4 is 11.7 Å². The monoisotopic (exact) mass is 389 g/mol. The summed E-state index contributed by atoms with van der Waals surface area (Å²) in [6, 6.07) is 15.0. The molecule has 1 aliphatic carbocycles. The number of benzene rings is 1. The van der Waals surface area contributed by atoms with Crippen molar-refractivity contribution in [1.29, 1.82) is 0 Å². The molecule has 3 fully saturated rings. The van der Waals surface area contributed by atoms with Gasteiger partial charge in [0.1, 0.15) is 5.82 Å². The fourth-order valence-electron chi connectivity index (χ4n) is 5.93. The normalized spacial score (nSPS) is 26.9. The molecular weight excluding hydrogens is 358 g/mol. The van der Waals surface area contributed by atoms with Gasteiger partial charge in [-0.05, 0) is 48.9 Å². The highest BCUT2D eigenvalue weighted by molar-refractivity contribution is 5.77. The second-order valence-electron chi connectivity index (χ2n) is 9.22. The van der Waals surface area contributed by atoms with Crippen molar-refractivity contribution in [2.75, 3.05) is 24.5 Å². The molecule has 0 spiro atoms. The van der Waals surface area contributed by atoms with Crippen LogP contribution in [0, 0.1) is 24.7 Å². The number of fused-ring (bicyclic) bond motifs is 1. The zero-order chi connectivity index (χ0) is 19.8. The summed E-state index contributed by atoms with van der Waals surface area (Å²) < 4.78 is 0. The third-order valence-corrected chi connectivity index (χ3v) is 7.40. The number of aryl methyl sites for hydroxylation is 1. The maximum atomic E-state index is 13.4. The van der Waals surface area contributed by atoms with E-state index in [1.807, 2.05) is 12.3 Å². The number of nitrogens with zero attached hydrogens (tertiary/aromatic N) is 3. The van der Waals surface area contributed by atoms with Crippen LogP contribution in [0.1, 0.15) is 49.3 Å². The summed E-state index contributed by atoms with van der Waals surface area (Å²) in [5, 5.41) is 0. The van der Waals surface area contributed by atoms with Gasteiger partial charge in [-0.25, -0.2) is 4.98 Å². The van der Waals surface area contributed by atoms with Gasteiger partial charge in [-0.15, -0.1) is 0 Å². The van der Waals surface area contributed by atoms with Crippen LogP contribution in [0.15, 0.2) is 48.7 Å². The fraction of sp³-hybridized carbons (Fsp3) is 0.520. The molecule has 5 rings (SSSR count). The topological polar surface area (TPSA) is 36.4 Å². The third-order valence-electron chi connectivity index (χ3n) is 7.40. The Morgan fingerprint density at radius 1 is 1.03 bits per heavy atom. The summed E-state index contributed by atoms with van der Waals surface area (Å²) in [7, 11) is 0. The maximum absolute atomic E-state index is 13.4. The van der Waals surface area contributed by atoms with Gasteiger partial charge in [-0.2, -0.15) is 0 Å². The van der Waals surface area contributed by atoms with Gasteiger partial charge in [0.15, 0.2) is 0 Å². The Bertz CT molecular complexity index is 861. The third kappa shape index (κ3) is 3.54. The van der Waals surface area contributed by atoms with Crippen molar-refractivity contribution in [1.82, 2.24) is 9.88 Å². The Morgan fingerprint density at radius 2 is 1.83 bits per heavy atom. The van der Waals surface area contributed by atoms with Gasteiger partial charge in [0.25, 0.3) is 0 Å². The highest BCUT2D eigenvalue weighted by Crippen LogP contribution is 2.47. The van der Waals surface area contributed by atoms with Crippen LogP contribution in [0.25, 0.3) is 0 Å². The Balaban J connectivity index is 1.41. The van der Waals surface area contributed by atoms with Crippen LogP contribution in [0.2, 0.25) is 0 Å². The molecule has 0 bridgehead atoms. The van der Waals surface area contributed by atoms with Crippen LogP contribution in [0.3, 0.4) is 0 Å². The Hall–Kier alpha value is -2.36. The first-order chi connectivity index (χ1) is 14.2. The number of rotatable bonds is 4. The molecule has 1 aromatic carbocycles. The molecule has 3 aliphatic rings. The van der Waals surface area contributed by atoms with Gasteiger partial charge in [0.05, 0.1) is 6.04 Å². The summed E-state index contributed by atoms with van der Waals surface area (Å²) in [5.41, 5.74) is 2.63. The largest absolute Gasteiger partial charge is 0.356 e. The summed E-state index contributed by atoms with van der Waals surface area (Å²) in [4.78, 5) is 22.6. The lowest BCUT2D eigenvalue weighted by molar-refractivity contribution is -0.133. The molecule has 0 unspecified atom stereocenters. The molecule has 2 aliphatic heterocycles. The molecule has 152 valence electrons. The minimum Gasteiger partial charge on any atom is -0.356 e. The van der Waals surface area contributed by atoms with E-state index in [9.17, 15) is 4.79 Å². The second kappa shape index (κ2) is 7.81. The molecule has 3 heterocycles. The lowest BCUT2D eigenvalue weighted by atomic mass is 9.87. The van der Waals surface area contributed by atoms with Crippen LogP contribution in [0.5, 0.6) is 0 Å². The van der Waals surface area contributed by atoms with E-state index in [1.165, 1.54) is 36.8 Å². The SMILES string of the molecule is Cc1ccccc1[C@@H]1[C@H]2CN(c3ccccn3)C[C@H]2CN1C(=O)CC1CCCC1. The van der Waals surface area contributed by atoms with Gasteiger partial charge in [0, 0.05) is 44.1 Å². The first-order valence-electron chi connectivity index (χ1n) is 11.2. The molecule has 0 radical (unpaired) electrons. The van der Waals surface area contributed by atoms with E-state index in [-0.39, 0.29) is 6.04 Å². The minimum absolute atomic E-state index is 0.198. The highest BCUT2D eigenvalue weighted by atomic mass is 16.2. The van der Waals surface area contributed by atoms with Gasteiger partial charge in [-0.1, -0.05) is 43.2 Å². The summed E-state index contributed by atoms with van der Waals surface area (Å²) in [6.45, 7) is 5.05. The van der Waals surface area contributed by atoms with Crippen LogP contribution >= 0.6 is 0 Å². The first-order valence-corrected chi connectivity index (χ1v) is 11.2. The van der Waals surface area contributed by atoms with Crippen LogP contribution < -0.4 is 4.90 Å². The van der Waals surface area contributed by atoms with Gasteiger partial charge >= 0.3 is 0 Å². The zero-order valence-corrected chi connectivity index (χ0v) is 17.3. The van der Waals surface area contributed by atoms with E-state index in [2.05, 4.69) is 58.1 Å². The van der Waals surface area contributed by atoms with Crippen LogP contribution in [-0.2, 0) is 4.79 Å². The second-order valence-corrected chi connectivity index (χ2v) is 9.22. The molecule has 29 heavy (non-hydrogen) atoms. The zero-order valence-electron chi connectivity index (χ0n) is 17.3. The van der Waals surface area contributed by atoms with Crippen molar-refractivity contribution in [3.8, 4) is 0 Å². The predicted molar refractivity (Wildman–Crippen MR) is 116 cm³/mol. The molecule has 1 aromatic heterocycles. The van der Waals surface area contributed by atoms with Crippen LogP contribution in [-0.4, -0.2) is 35.4 Å². The van der Waals surface area contributed by atoms with Crippen molar-refractivity contribution < 1.29 is 4.79 Å². The fourth-order valence-corrected chi connectivity index (χ4v) is 5.93. The average Bonchev–Trinajstić information content (AvgIpc) is 3.45. The van der Waals surface area contributed by atoms with E-state index in [0.717, 1.165) is 31.9 Å².